The number of hydrogen-bond acceptors (Lipinski definition) is 0. The molecule has 0 N–H and O–H groups in total. The highest BCUT2D eigenvalue weighted by Crippen LogP contribution is 2.56. The highest BCUT2D eigenvalue weighted by atomic mass is 79.9. The normalized spacial score (nSPS) is 13.2. The van der Waals surface area contributed by atoms with Crippen LogP contribution in [-0.4, -0.2) is 0 Å². The highest BCUT2D eigenvalue weighted by Gasteiger charge is 2.43. The van der Waals surface area contributed by atoms with Crippen molar-refractivity contribution in [1.29, 1.82) is 0 Å². The molecule has 1 aliphatic rings. The molecule has 262 valence electrons. The summed E-state index contributed by atoms with van der Waals surface area (Å²) < 4.78 is 2.51. The van der Waals surface area contributed by atoms with Crippen LogP contribution in [-0.2, 0) is 5.41 Å². The molecule has 0 aliphatic heterocycles. The third kappa shape index (κ3) is 7.04. The monoisotopic (exact) mass is 782 g/mol. The Kier molecular flexibility index (Phi) is 12.5. The number of fused-ring (bicyclic) bond motifs is 3. The summed E-state index contributed by atoms with van der Waals surface area (Å²) in [6, 6.07) is 15.1. The molecule has 0 saturated carbocycles. The molecule has 0 fully saturated rings. The molecule has 0 amide bonds. The average molecular weight is 785 g/mol. The topological polar surface area (TPSA) is 0 Å². The van der Waals surface area contributed by atoms with Crippen molar-refractivity contribution in [3.05, 3.63) is 101 Å². The first-order chi connectivity index (χ1) is 23.4. The second kappa shape index (κ2) is 16.0. The van der Waals surface area contributed by atoms with Crippen LogP contribution in [0, 0.1) is 55.4 Å². The predicted octanol–water partition coefficient (Wildman–Crippen LogP) is 16.0. The first kappa shape index (κ1) is 38.1. The molecule has 0 nitrogen and oxygen atoms in total. The lowest BCUT2D eigenvalue weighted by molar-refractivity contribution is 0.399. The fraction of sp³-hybridized carbons (Fsp3) is 0.489. The van der Waals surface area contributed by atoms with Gasteiger partial charge in [0.2, 0.25) is 0 Å². The van der Waals surface area contributed by atoms with Gasteiger partial charge in [0.25, 0.3) is 0 Å². The molecule has 0 spiro atoms. The second-order valence-corrected chi connectivity index (χ2v) is 16.9. The number of rotatable bonds is 14. The van der Waals surface area contributed by atoms with Gasteiger partial charge in [0.1, 0.15) is 0 Å². The first-order valence-electron chi connectivity index (χ1n) is 19.2. The molecule has 2 heteroatoms. The van der Waals surface area contributed by atoms with Crippen LogP contribution in [0.1, 0.15) is 147 Å². The van der Waals surface area contributed by atoms with Gasteiger partial charge >= 0.3 is 0 Å². The molecule has 5 rings (SSSR count). The van der Waals surface area contributed by atoms with Crippen LogP contribution in [0.3, 0.4) is 0 Å². The van der Waals surface area contributed by atoms with E-state index in [0.717, 1.165) is 0 Å². The Bertz CT molecular complexity index is 1650. The summed E-state index contributed by atoms with van der Waals surface area (Å²) >= 11 is 7.83. The molecule has 0 bridgehead atoms. The smallest absolute Gasteiger partial charge is 0.0239 e. The quantitative estimate of drug-likeness (QED) is 0.112. The van der Waals surface area contributed by atoms with E-state index in [1.54, 1.807) is 11.1 Å². The fourth-order valence-corrected chi connectivity index (χ4v) is 10.1. The standard InChI is InChI=1S/C47H60Br2/c1-11-13-15-17-19-25-47(26-20-18-16-14-12-2)41-27-37(43-29(3)33(7)45(48)34(8)30(43)4)21-23-39(41)40-24-22-38(28-42(40)47)44-31(5)35(9)46(49)36(10)32(44)6/h21-24,27-28H,11-20,25-26H2,1-10H3. The molecular formula is C47H60Br2. The van der Waals surface area contributed by atoms with Crippen molar-refractivity contribution in [3.63, 3.8) is 0 Å². The third-order valence-corrected chi connectivity index (χ3v) is 14.8. The van der Waals surface area contributed by atoms with Gasteiger partial charge in [-0.2, -0.15) is 0 Å². The van der Waals surface area contributed by atoms with Crippen molar-refractivity contribution >= 4 is 31.9 Å². The van der Waals surface area contributed by atoms with Crippen LogP contribution in [0.4, 0.5) is 0 Å². The fourth-order valence-electron chi connectivity index (χ4n) is 8.93. The van der Waals surface area contributed by atoms with Gasteiger partial charge in [-0.25, -0.2) is 0 Å². The van der Waals surface area contributed by atoms with Crippen LogP contribution in [0.5, 0.6) is 0 Å². The van der Waals surface area contributed by atoms with E-state index in [2.05, 4.69) is 137 Å². The van der Waals surface area contributed by atoms with Crippen molar-refractivity contribution in [2.75, 3.05) is 0 Å². The summed E-state index contributed by atoms with van der Waals surface area (Å²) in [6.45, 7) is 23.0. The Morgan fingerprint density at radius 3 is 1.08 bits per heavy atom. The molecule has 1 aliphatic carbocycles. The Balaban J connectivity index is 1.75. The van der Waals surface area contributed by atoms with Crippen molar-refractivity contribution in [1.82, 2.24) is 0 Å². The molecule has 0 heterocycles. The minimum absolute atomic E-state index is 0.0254. The molecular weight excluding hydrogens is 724 g/mol. The van der Waals surface area contributed by atoms with E-state index in [1.807, 2.05) is 0 Å². The molecule has 0 saturated heterocycles. The van der Waals surface area contributed by atoms with E-state index in [1.165, 1.54) is 164 Å². The molecule has 4 aromatic carbocycles. The van der Waals surface area contributed by atoms with E-state index >= 15 is 0 Å². The van der Waals surface area contributed by atoms with Crippen LogP contribution >= 0.6 is 31.9 Å². The second-order valence-electron chi connectivity index (χ2n) is 15.3. The SMILES string of the molecule is CCCCCCCC1(CCCCCCC)c2cc(-c3c(C)c(C)c(Br)c(C)c3C)ccc2-c2ccc(-c3c(C)c(C)c(Br)c(C)c3C)cc21. The lowest BCUT2D eigenvalue weighted by Crippen LogP contribution is -2.26. The van der Waals surface area contributed by atoms with Gasteiger partial charge < -0.3 is 0 Å². The number of benzene rings is 4. The van der Waals surface area contributed by atoms with E-state index in [9.17, 15) is 0 Å². The number of hydrogen-bond donors (Lipinski definition) is 0. The van der Waals surface area contributed by atoms with Crippen LogP contribution in [0.25, 0.3) is 33.4 Å². The van der Waals surface area contributed by atoms with E-state index in [0.29, 0.717) is 0 Å². The van der Waals surface area contributed by atoms with E-state index < -0.39 is 0 Å². The average Bonchev–Trinajstić information content (AvgIpc) is 3.36. The number of halogens is 2. The molecule has 0 radical (unpaired) electrons. The first-order valence-corrected chi connectivity index (χ1v) is 20.8. The Labute approximate surface area is 316 Å². The lowest BCUT2D eigenvalue weighted by atomic mass is 9.69. The Morgan fingerprint density at radius 2 is 0.755 bits per heavy atom. The largest absolute Gasteiger partial charge is 0.0654 e. The summed E-state index contributed by atoms with van der Waals surface area (Å²) in [5.41, 5.74) is 22.7. The summed E-state index contributed by atoms with van der Waals surface area (Å²) in [7, 11) is 0. The molecule has 0 aromatic heterocycles. The third-order valence-electron chi connectivity index (χ3n) is 12.4. The Hall–Kier alpha value is -2.16. The van der Waals surface area contributed by atoms with Gasteiger partial charge in [-0.15, -0.1) is 0 Å². The maximum Gasteiger partial charge on any atom is 0.0239 e. The van der Waals surface area contributed by atoms with Crippen LogP contribution in [0.15, 0.2) is 45.3 Å². The highest BCUT2D eigenvalue weighted by molar-refractivity contribution is 9.10. The molecule has 0 atom stereocenters. The summed E-state index contributed by atoms with van der Waals surface area (Å²) in [5, 5.41) is 0. The zero-order valence-corrected chi connectivity index (χ0v) is 35.4. The summed E-state index contributed by atoms with van der Waals surface area (Å²) in [5.74, 6) is 0. The van der Waals surface area contributed by atoms with Crippen molar-refractivity contribution in [2.45, 2.75) is 152 Å². The van der Waals surface area contributed by atoms with E-state index in [-0.39, 0.29) is 5.41 Å². The molecule has 4 aromatic rings. The molecule has 0 unspecified atom stereocenters. The molecule has 49 heavy (non-hydrogen) atoms. The van der Waals surface area contributed by atoms with Gasteiger partial charge in [0.05, 0.1) is 0 Å². The lowest BCUT2D eigenvalue weighted by Gasteiger charge is -2.34. The maximum atomic E-state index is 3.91. The Morgan fingerprint density at radius 1 is 0.429 bits per heavy atom. The zero-order chi connectivity index (χ0) is 35.6. The zero-order valence-electron chi connectivity index (χ0n) is 32.2. The van der Waals surface area contributed by atoms with Crippen molar-refractivity contribution < 1.29 is 0 Å². The van der Waals surface area contributed by atoms with Gasteiger partial charge in [-0.05, 0) is 169 Å². The van der Waals surface area contributed by atoms with E-state index in [4.69, 9.17) is 0 Å². The maximum absolute atomic E-state index is 3.91. The van der Waals surface area contributed by atoms with Crippen molar-refractivity contribution in [3.8, 4) is 33.4 Å². The summed E-state index contributed by atoms with van der Waals surface area (Å²) in [4.78, 5) is 0. The minimum atomic E-state index is 0.0254. The van der Waals surface area contributed by atoms with Crippen molar-refractivity contribution in [2.24, 2.45) is 0 Å². The van der Waals surface area contributed by atoms with Crippen LogP contribution in [0.2, 0.25) is 0 Å². The summed E-state index contributed by atoms with van der Waals surface area (Å²) in [6.07, 6.45) is 15.6. The van der Waals surface area contributed by atoms with Gasteiger partial charge in [0, 0.05) is 14.4 Å². The van der Waals surface area contributed by atoms with Gasteiger partial charge in [0.15, 0.2) is 0 Å². The predicted molar refractivity (Wildman–Crippen MR) is 224 cm³/mol. The van der Waals surface area contributed by atoms with Gasteiger partial charge in [-0.3, -0.25) is 0 Å². The number of unbranched alkanes of at least 4 members (excludes halogenated alkanes) is 8. The minimum Gasteiger partial charge on any atom is -0.0654 e. The van der Waals surface area contributed by atoms with Crippen LogP contribution < -0.4 is 0 Å². The van der Waals surface area contributed by atoms with Gasteiger partial charge in [-0.1, -0.05) is 134 Å².